The van der Waals surface area contributed by atoms with Crippen molar-refractivity contribution in [3.8, 4) is 5.75 Å². The predicted octanol–water partition coefficient (Wildman–Crippen LogP) is 2.76. The lowest BCUT2D eigenvalue weighted by Crippen LogP contribution is -2.71. The number of hydrogen-bond donors (Lipinski definition) is 0. The molecule has 0 aliphatic carbocycles. The number of ether oxygens (including phenoxy) is 2. The first-order valence-corrected chi connectivity index (χ1v) is 7.97. The minimum absolute atomic E-state index is 0.159. The van der Waals surface area contributed by atoms with Crippen LogP contribution in [-0.2, 0) is 11.3 Å². The van der Waals surface area contributed by atoms with Gasteiger partial charge in [-0.2, -0.15) is 0 Å². The van der Waals surface area contributed by atoms with Crippen LogP contribution in [0.4, 0.5) is 0 Å². The van der Waals surface area contributed by atoms with E-state index in [1.807, 2.05) is 6.07 Å². The van der Waals surface area contributed by atoms with Crippen LogP contribution in [0.1, 0.15) is 13.8 Å². The van der Waals surface area contributed by atoms with E-state index in [0.717, 1.165) is 25.5 Å². The molecule has 0 bridgehead atoms. The Bertz CT molecular complexity index is 692. The molecule has 1 aromatic carbocycles. The predicted molar refractivity (Wildman–Crippen MR) is 87.4 cm³/mol. The van der Waals surface area contributed by atoms with Crippen molar-refractivity contribution < 1.29 is 9.47 Å². The largest absolute Gasteiger partial charge is 0.497 e. The van der Waals surface area contributed by atoms with Gasteiger partial charge in [-0.3, -0.25) is 4.90 Å². The summed E-state index contributed by atoms with van der Waals surface area (Å²) in [6, 6.07) is 8.46. The Hall–Kier alpha value is -1.52. The lowest BCUT2D eigenvalue weighted by atomic mass is 9.75. The van der Waals surface area contributed by atoms with Crippen LogP contribution in [0.5, 0.6) is 5.75 Å². The van der Waals surface area contributed by atoms with E-state index in [1.165, 1.54) is 24.0 Å². The van der Waals surface area contributed by atoms with Crippen LogP contribution >= 0.6 is 0 Å². The van der Waals surface area contributed by atoms with Gasteiger partial charge in [0.1, 0.15) is 5.75 Å². The molecule has 0 amide bonds. The fraction of sp³-hybridized carbons (Fsp3) is 0.556. The van der Waals surface area contributed by atoms with E-state index in [0.29, 0.717) is 5.41 Å². The molecule has 0 atom stereocenters. The van der Waals surface area contributed by atoms with Crippen molar-refractivity contribution in [2.24, 2.45) is 5.41 Å². The summed E-state index contributed by atoms with van der Waals surface area (Å²) in [4.78, 5) is 2.59. The number of aromatic nitrogens is 1. The van der Waals surface area contributed by atoms with Crippen molar-refractivity contribution in [3.63, 3.8) is 0 Å². The van der Waals surface area contributed by atoms with Crippen LogP contribution in [0.2, 0.25) is 0 Å². The van der Waals surface area contributed by atoms with Crippen molar-refractivity contribution in [3.05, 3.63) is 30.5 Å². The maximum atomic E-state index is 5.38. The summed E-state index contributed by atoms with van der Waals surface area (Å²) < 4.78 is 13.1. The van der Waals surface area contributed by atoms with Crippen molar-refractivity contribution >= 4 is 10.9 Å². The van der Waals surface area contributed by atoms with Gasteiger partial charge in [0.25, 0.3) is 0 Å². The molecular weight excluding hydrogens is 276 g/mol. The Balaban J connectivity index is 1.52. The van der Waals surface area contributed by atoms with Gasteiger partial charge < -0.3 is 14.0 Å². The normalized spacial score (nSPS) is 20.9. The summed E-state index contributed by atoms with van der Waals surface area (Å²) >= 11 is 0. The second kappa shape index (κ2) is 4.74. The van der Waals surface area contributed by atoms with Gasteiger partial charge in [-0.25, -0.2) is 0 Å². The topological polar surface area (TPSA) is 26.6 Å². The number of benzene rings is 1. The molecule has 0 saturated carbocycles. The summed E-state index contributed by atoms with van der Waals surface area (Å²) in [7, 11) is 1.71. The van der Waals surface area contributed by atoms with Gasteiger partial charge in [-0.15, -0.1) is 0 Å². The molecule has 0 radical (unpaired) electrons. The molecule has 118 valence electrons. The molecule has 1 spiro atoms. The van der Waals surface area contributed by atoms with Crippen LogP contribution in [0.15, 0.2) is 30.5 Å². The first-order chi connectivity index (χ1) is 10.5. The zero-order chi connectivity index (χ0) is 15.4. The van der Waals surface area contributed by atoms with E-state index in [2.05, 4.69) is 47.7 Å². The number of hydrogen-bond acceptors (Lipinski definition) is 3. The van der Waals surface area contributed by atoms with Crippen LogP contribution in [0, 0.1) is 5.41 Å². The van der Waals surface area contributed by atoms with E-state index in [9.17, 15) is 0 Å². The molecule has 4 nitrogen and oxygen atoms in total. The monoisotopic (exact) mass is 300 g/mol. The molecule has 4 heteroatoms. The molecule has 1 aromatic heterocycles. The highest BCUT2D eigenvalue weighted by molar-refractivity contribution is 5.81. The Morgan fingerprint density at radius 1 is 1.23 bits per heavy atom. The number of fused-ring (bicyclic) bond motifs is 1. The summed E-state index contributed by atoms with van der Waals surface area (Å²) in [6.07, 6.45) is 2.19. The Morgan fingerprint density at radius 2 is 2.00 bits per heavy atom. The smallest absolute Gasteiger partial charge is 0.119 e. The molecule has 22 heavy (non-hydrogen) atoms. The summed E-state index contributed by atoms with van der Waals surface area (Å²) in [5, 5.41) is 1.24. The molecule has 2 saturated heterocycles. The number of likely N-dealkylation sites (tertiary alicyclic amines) is 1. The maximum Gasteiger partial charge on any atom is 0.119 e. The van der Waals surface area contributed by atoms with E-state index in [1.54, 1.807) is 7.11 Å². The second-order valence-electron chi connectivity index (χ2n) is 7.53. The third kappa shape index (κ3) is 2.13. The fourth-order valence-electron chi connectivity index (χ4n) is 3.72. The SMILES string of the molecule is COc1ccc2c(ccn2CC(C)(C)N2CC3(COC3)C2)c1. The maximum absolute atomic E-state index is 5.38. The molecule has 3 heterocycles. The summed E-state index contributed by atoms with van der Waals surface area (Å²) in [5.41, 5.74) is 1.91. The van der Waals surface area contributed by atoms with Crippen LogP contribution in [-0.4, -0.2) is 48.4 Å². The first kappa shape index (κ1) is 14.1. The molecule has 2 aromatic rings. The van der Waals surface area contributed by atoms with Crippen LogP contribution in [0.3, 0.4) is 0 Å². The molecule has 2 fully saturated rings. The van der Waals surface area contributed by atoms with E-state index >= 15 is 0 Å². The molecule has 0 N–H and O–H groups in total. The van der Waals surface area contributed by atoms with Gasteiger partial charge in [-0.1, -0.05) is 0 Å². The van der Waals surface area contributed by atoms with Gasteiger partial charge in [-0.05, 0) is 38.1 Å². The summed E-state index contributed by atoms with van der Waals surface area (Å²) in [6.45, 7) is 9.93. The third-order valence-corrected chi connectivity index (χ3v) is 5.26. The van der Waals surface area contributed by atoms with Crippen molar-refractivity contribution in [1.82, 2.24) is 9.47 Å². The van der Waals surface area contributed by atoms with Gasteiger partial charge in [0, 0.05) is 47.7 Å². The quantitative estimate of drug-likeness (QED) is 0.868. The Morgan fingerprint density at radius 3 is 2.64 bits per heavy atom. The molecular formula is C18H24N2O2. The zero-order valence-corrected chi connectivity index (χ0v) is 13.6. The van der Waals surface area contributed by atoms with E-state index in [-0.39, 0.29) is 5.54 Å². The van der Waals surface area contributed by atoms with Gasteiger partial charge in [0.2, 0.25) is 0 Å². The zero-order valence-electron chi connectivity index (χ0n) is 13.6. The molecule has 2 aliphatic heterocycles. The van der Waals surface area contributed by atoms with Crippen LogP contribution < -0.4 is 4.74 Å². The Labute approximate surface area is 131 Å². The third-order valence-electron chi connectivity index (χ3n) is 5.26. The molecule has 4 rings (SSSR count). The lowest BCUT2D eigenvalue weighted by Gasteiger charge is -2.60. The fourth-order valence-corrected chi connectivity index (χ4v) is 3.72. The highest BCUT2D eigenvalue weighted by atomic mass is 16.5. The molecule has 2 aliphatic rings. The van der Waals surface area contributed by atoms with Gasteiger partial charge in [0.05, 0.1) is 20.3 Å². The highest BCUT2D eigenvalue weighted by Gasteiger charge is 2.52. The van der Waals surface area contributed by atoms with E-state index in [4.69, 9.17) is 9.47 Å². The van der Waals surface area contributed by atoms with Gasteiger partial charge in [0.15, 0.2) is 0 Å². The standard InChI is InChI=1S/C18H24N2O2/c1-17(2,20-10-18(11-20)12-22-13-18)9-19-7-6-14-8-15(21-3)4-5-16(14)19/h4-8H,9-13H2,1-3H3. The minimum Gasteiger partial charge on any atom is -0.497 e. The highest BCUT2D eigenvalue weighted by Crippen LogP contribution is 2.41. The van der Waals surface area contributed by atoms with Gasteiger partial charge >= 0.3 is 0 Å². The summed E-state index contributed by atoms with van der Waals surface area (Å²) in [5.74, 6) is 0.916. The lowest BCUT2D eigenvalue weighted by molar-refractivity contribution is -0.210. The van der Waals surface area contributed by atoms with E-state index < -0.39 is 0 Å². The minimum atomic E-state index is 0.159. The number of methoxy groups -OCH3 is 1. The first-order valence-electron chi connectivity index (χ1n) is 7.97. The average molecular weight is 300 g/mol. The number of rotatable bonds is 4. The van der Waals surface area contributed by atoms with Crippen molar-refractivity contribution in [2.75, 3.05) is 33.4 Å². The van der Waals surface area contributed by atoms with Crippen LogP contribution in [0.25, 0.3) is 10.9 Å². The molecule has 0 unspecified atom stereocenters. The number of nitrogens with zero attached hydrogens (tertiary/aromatic N) is 2. The Kier molecular flexibility index (Phi) is 3.03. The second-order valence-corrected chi connectivity index (χ2v) is 7.53. The average Bonchev–Trinajstić information content (AvgIpc) is 2.77. The van der Waals surface area contributed by atoms with Crippen molar-refractivity contribution in [1.29, 1.82) is 0 Å². The van der Waals surface area contributed by atoms with Crippen molar-refractivity contribution in [2.45, 2.75) is 25.9 Å².